The van der Waals surface area contributed by atoms with Gasteiger partial charge in [-0.15, -0.1) is 0 Å². The molecule has 0 spiro atoms. The fourth-order valence-corrected chi connectivity index (χ4v) is 4.35. The molecule has 36 heavy (non-hydrogen) atoms. The molecule has 1 heterocycles. The van der Waals surface area contributed by atoms with E-state index in [2.05, 4.69) is 43.2 Å². The molecule has 1 aliphatic rings. The van der Waals surface area contributed by atoms with E-state index in [4.69, 9.17) is 9.47 Å². The average molecular weight is 502 g/mol. The van der Waals surface area contributed by atoms with E-state index in [0.29, 0.717) is 59.9 Å². The van der Waals surface area contributed by atoms with Gasteiger partial charge in [0.2, 0.25) is 6.79 Å². The molecule has 0 saturated carbocycles. The van der Waals surface area contributed by atoms with Crippen LogP contribution in [0.1, 0.15) is 58.9 Å². The zero-order valence-electron chi connectivity index (χ0n) is 21.6. The maximum absolute atomic E-state index is 15.4. The lowest BCUT2D eigenvalue weighted by molar-refractivity contribution is -0.137. The number of nitrogens with one attached hydrogen (secondary N) is 2. The Balaban J connectivity index is 1.97. The van der Waals surface area contributed by atoms with Crippen LogP contribution in [0.2, 0.25) is 0 Å². The number of ether oxygens (including phenoxy) is 2. The molecule has 2 amide bonds. The second-order valence-electron chi connectivity index (χ2n) is 9.93. The molecule has 3 N–H and O–H groups in total. The summed E-state index contributed by atoms with van der Waals surface area (Å²) in [6, 6.07) is 7.57. The number of anilines is 3. The number of carbonyl (C=O) groups is 2. The minimum atomic E-state index is -0.998. The molecule has 0 fully saturated rings. The number of aliphatic carboxylic acids is 1. The molecule has 0 saturated heterocycles. The van der Waals surface area contributed by atoms with Gasteiger partial charge >= 0.3 is 12.0 Å². The zero-order valence-corrected chi connectivity index (χ0v) is 21.6. The zero-order chi connectivity index (χ0) is 26.4. The number of benzene rings is 2. The first-order valence-corrected chi connectivity index (χ1v) is 12.3. The highest BCUT2D eigenvalue weighted by Gasteiger charge is 2.24. The van der Waals surface area contributed by atoms with Gasteiger partial charge in [-0.2, -0.15) is 0 Å². The highest BCUT2D eigenvalue weighted by molar-refractivity contribution is 6.02. The smallest absolute Gasteiger partial charge is 0.323 e. The number of carboxylic acid groups (broad SMARTS) is 1. The third-order valence-electron chi connectivity index (χ3n) is 5.86. The number of carbonyl (C=O) groups excluding carboxylic acids is 1. The Bertz CT molecular complexity index is 1080. The molecule has 9 heteroatoms. The van der Waals surface area contributed by atoms with Gasteiger partial charge in [-0.05, 0) is 54.0 Å². The summed E-state index contributed by atoms with van der Waals surface area (Å²) < 4.78 is 26.1. The van der Waals surface area contributed by atoms with Gasteiger partial charge < -0.3 is 30.1 Å². The lowest BCUT2D eigenvalue weighted by Crippen LogP contribution is -2.33. The molecular weight excluding hydrogens is 465 g/mol. The van der Waals surface area contributed by atoms with Crippen molar-refractivity contribution in [1.82, 2.24) is 0 Å². The Kier molecular flexibility index (Phi) is 9.01. The van der Waals surface area contributed by atoms with Gasteiger partial charge in [-0.25, -0.2) is 9.18 Å². The van der Waals surface area contributed by atoms with Gasteiger partial charge in [0.15, 0.2) is 11.5 Å². The third kappa shape index (κ3) is 7.02. The van der Waals surface area contributed by atoms with Crippen LogP contribution >= 0.6 is 0 Å². The van der Waals surface area contributed by atoms with E-state index >= 15 is 4.39 Å². The Labute approximate surface area is 211 Å². The number of halogens is 1. The normalized spacial score (nSPS) is 13.1. The topological polar surface area (TPSA) is 100 Å². The van der Waals surface area contributed by atoms with Crippen molar-refractivity contribution in [2.75, 3.05) is 35.4 Å². The lowest BCUT2D eigenvalue weighted by Gasteiger charge is -2.31. The summed E-state index contributed by atoms with van der Waals surface area (Å²) in [5, 5.41) is 15.0. The molecular formula is C27H36FN3O5. The van der Waals surface area contributed by atoms with Crippen molar-refractivity contribution >= 4 is 29.1 Å². The van der Waals surface area contributed by atoms with Crippen molar-refractivity contribution in [3.05, 3.63) is 41.7 Å². The Morgan fingerprint density at radius 3 is 2.31 bits per heavy atom. The molecule has 0 aliphatic carbocycles. The van der Waals surface area contributed by atoms with Crippen LogP contribution in [0.5, 0.6) is 11.5 Å². The number of rotatable bonds is 11. The Hall–Kier alpha value is -3.49. The van der Waals surface area contributed by atoms with E-state index < -0.39 is 23.7 Å². The fourth-order valence-electron chi connectivity index (χ4n) is 4.35. The molecule has 0 bridgehead atoms. The number of carboxylic acids is 1. The molecule has 0 aromatic heterocycles. The molecule has 8 nitrogen and oxygen atoms in total. The lowest BCUT2D eigenvalue weighted by atomic mass is 9.91. The Morgan fingerprint density at radius 1 is 1.03 bits per heavy atom. The largest absolute Gasteiger partial charge is 0.481 e. The predicted octanol–water partition coefficient (Wildman–Crippen LogP) is 6.29. The number of urea groups is 1. The highest BCUT2D eigenvalue weighted by Crippen LogP contribution is 2.37. The van der Waals surface area contributed by atoms with Gasteiger partial charge in [0.25, 0.3) is 0 Å². The number of hydrogen-bond acceptors (Lipinski definition) is 5. The van der Waals surface area contributed by atoms with Crippen LogP contribution in [0.15, 0.2) is 30.3 Å². The molecule has 2 aromatic rings. The van der Waals surface area contributed by atoms with E-state index in [0.717, 1.165) is 0 Å². The van der Waals surface area contributed by atoms with Crippen LogP contribution in [-0.4, -0.2) is 37.0 Å². The van der Waals surface area contributed by atoms with Gasteiger partial charge in [-0.1, -0.05) is 34.6 Å². The van der Waals surface area contributed by atoms with Crippen LogP contribution in [0.25, 0.3) is 0 Å². The summed E-state index contributed by atoms with van der Waals surface area (Å²) in [6.07, 6.45) is 0.254. The summed E-state index contributed by atoms with van der Waals surface area (Å²) in [7, 11) is 0. The second kappa shape index (κ2) is 12.0. The predicted molar refractivity (Wildman–Crippen MR) is 139 cm³/mol. The molecule has 1 atom stereocenters. The molecule has 3 rings (SSSR count). The maximum Gasteiger partial charge on any atom is 0.323 e. The van der Waals surface area contributed by atoms with E-state index in [1.165, 1.54) is 6.07 Å². The van der Waals surface area contributed by atoms with Crippen molar-refractivity contribution < 1.29 is 28.6 Å². The first-order chi connectivity index (χ1) is 17.1. The summed E-state index contributed by atoms with van der Waals surface area (Å²) in [5.74, 6) is -0.239. The summed E-state index contributed by atoms with van der Waals surface area (Å²) in [6.45, 7) is 11.6. The van der Waals surface area contributed by atoms with Crippen molar-refractivity contribution in [2.24, 2.45) is 11.8 Å². The van der Waals surface area contributed by atoms with Crippen LogP contribution < -0.4 is 25.0 Å². The van der Waals surface area contributed by atoms with E-state index in [-0.39, 0.29) is 18.8 Å². The van der Waals surface area contributed by atoms with E-state index in [1.807, 2.05) is 6.92 Å². The van der Waals surface area contributed by atoms with Gasteiger partial charge in [0.05, 0.1) is 17.8 Å². The van der Waals surface area contributed by atoms with E-state index in [9.17, 15) is 14.7 Å². The summed E-state index contributed by atoms with van der Waals surface area (Å²) >= 11 is 0. The standard InChI is InChI=1S/C27H36FN3O5/c1-6-18(9-26(32)33)20-11-22(23(12-21(20)28)31(13-16(2)3)14-17(4)5)30-27(34)29-19-7-8-24-25(10-19)36-15-35-24/h7-8,10-12,16-18H,6,9,13-15H2,1-5H3,(H,32,33)(H2,29,30,34). The quantitative estimate of drug-likeness (QED) is 0.335. The number of nitrogens with zero attached hydrogens (tertiary/aromatic N) is 1. The van der Waals surface area contributed by atoms with Crippen LogP contribution in [0.3, 0.4) is 0 Å². The number of fused-ring (bicyclic) bond motifs is 1. The van der Waals surface area contributed by atoms with Gasteiger partial charge in [-0.3, -0.25) is 4.79 Å². The first kappa shape index (κ1) is 27.1. The summed E-state index contributed by atoms with van der Waals surface area (Å²) in [5.41, 5.74) is 1.77. The molecule has 1 aliphatic heterocycles. The monoisotopic (exact) mass is 501 g/mol. The van der Waals surface area contributed by atoms with Crippen LogP contribution in [0.4, 0.5) is 26.2 Å². The SMILES string of the molecule is CCC(CC(=O)O)c1cc(NC(=O)Nc2ccc3c(c2)OCO3)c(N(CC(C)C)CC(C)C)cc1F. The van der Waals surface area contributed by atoms with Crippen LogP contribution in [0, 0.1) is 17.7 Å². The van der Waals surface area contributed by atoms with Crippen molar-refractivity contribution in [3.8, 4) is 11.5 Å². The van der Waals surface area contributed by atoms with Crippen LogP contribution in [-0.2, 0) is 4.79 Å². The highest BCUT2D eigenvalue weighted by atomic mass is 19.1. The maximum atomic E-state index is 15.4. The molecule has 1 unspecified atom stereocenters. The van der Waals surface area contributed by atoms with Gasteiger partial charge in [0, 0.05) is 24.8 Å². The van der Waals surface area contributed by atoms with Gasteiger partial charge in [0.1, 0.15) is 5.82 Å². The molecule has 0 radical (unpaired) electrons. The fraction of sp³-hybridized carbons (Fsp3) is 0.481. The number of hydrogen-bond donors (Lipinski definition) is 3. The number of amides is 2. The Morgan fingerprint density at radius 2 is 1.69 bits per heavy atom. The van der Waals surface area contributed by atoms with Crippen molar-refractivity contribution in [2.45, 2.75) is 53.4 Å². The second-order valence-corrected chi connectivity index (χ2v) is 9.93. The molecule has 196 valence electrons. The van der Waals surface area contributed by atoms with E-state index in [1.54, 1.807) is 24.3 Å². The average Bonchev–Trinajstić information content (AvgIpc) is 3.25. The van der Waals surface area contributed by atoms with Crippen molar-refractivity contribution in [3.63, 3.8) is 0 Å². The minimum absolute atomic E-state index is 0.128. The molecule has 2 aromatic carbocycles. The minimum Gasteiger partial charge on any atom is -0.481 e. The summed E-state index contributed by atoms with van der Waals surface area (Å²) in [4.78, 5) is 26.5. The third-order valence-corrected chi connectivity index (χ3v) is 5.86. The first-order valence-electron chi connectivity index (χ1n) is 12.3. The van der Waals surface area contributed by atoms with Crippen molar-refractivity contribution in [1.29, 1.82) is 0 Å².